The Labute approximate surface area is 163 Å². The van der Waals surface area contributed by atoms with Crippen LogP contribution in [0.4, 0.5) is 5.69 Å². The topological polar surface area (TPSA) is 49.4 Å². The summed E-state index contributed by atoms with van der Waals surface area (Å²) in [5.74, 6) is -0.500. The third-order valence-corrected chi connectivity index (χ3v) is 4.36. The SMILES string of the molecule is CN(CC(=O)Nc1cccc2ccccc12)C(=O)C=Cc1ccc(Cl)cc1. The van der Waals surface area contributed by atoms with Crippen LogP contribution in [-0.2, 0) is 9.59 Å². The molecule has 0 aliphatic rings. The molecule has 0 heterocycles. The van der Waals surface area contributed by atoms with Crippen molar-refractivity contribution in [3.8, 4) is 0 Å². The second-order valence-corrected chi connectivity index (χ2v) is 6.59. The number of amides is 2. The number of halogens is 1. The Balaban J connectivity index is 1.61. The van der Waals surface area contributed by atoms with Crippen LogP contribution in [0.1, 0.15) is 5.56 Å². The molecule has 0 aliphatic heterocycles. The minimum absolute atomic E-state index is 0.0347. The number of carbonyl (C=O) groups excluding carboxylic acids is 2. The summed E-state index contributed by atoms with van der Waals surface area (Å²) < 4.78 is 0. The molecule has 0 saturated carbocycles. The van der Waals surface area contributed by atoms with Crippen molar-refractivity contribution in [2.45, 2.75) is 0 Å². The lowest BCUT2D eigenvalue weighted by molar-refractivity contribution is -0.129. The highest BCUT2D eigenvalue weighted by Crippen LogP contribution is 2.22. The van der Waals surface area contributed by atoms with E-state index >= 15 is 0 Å². The minimum Gasteiger partial charge on any atom is -0.333 e. The van der Waals surface area contributed by atoms with E-state index in [1.165, 1.54) is 11.0 Å². The summed E-state index contributed by atoms with van der Waals surface area (Å²) in [6, 6.07) is 20.7. The first-order valence-corrected chi connectivity index (χ1v) is 8.87. The molecule has 2 amide bonds. The second kappa shape index (κ2) is 8.52. The fourth-order valence-electron chi connectivity index (χ4n) is 2.69. The molecule has 3 aromatic carbocycles. The quantitative estimate of drug-likeness (QED) is 0.659. The van der Waals surface area contributed by atoms with Gasteiger partial charge in [-0.1, -0.05) is 60.1 Å². The summed E-state index contributed by atoms with van der Waals surface area (Å²) in [7, 11) is 1.59. The molecule has 0 aromatic heterocycles. The zero-order valence-corrected chi connectivity index (χ0v) is 15.6. The third-order valence-electron chi connectivity index (χ3n) is 4.11. The van der Waals surface area contributed by atoms with Gasteiger partial charge in [-0.15, -0.1) is 0 Å². The predicted octanol–water partition coefficient (Wildman–Crippen LogP) is 4.60. The first-order chi connectivity index (χ1) is 13.0. The van der Waals surface area contributed by atoms with Gasteiger partial charge in [0.25, 0.3) is 0 Å². The van der Waals surface area contributed by atoms with E-state index in [-0.39, 0.29) is 18.4 Å². The van der Waals surface area contributed by atoms with Crippen molar-refractivity contribution in [3.05, 3.63) is 83.4 Å². The molecule has 0 bridgehead atoms. The predicted molar refractivity (Wildman–Crippen MR) is 111 cm³/mol. The van der Waals surface area contributed by atoms with Crippen molar-refractivity contribution in [1.29, 1.82) is 0 Å². The van der Waals surface area contributed by atoms with Crippen molar-refractivity contribution in [1.82, 2.24) is 4.90 Å². The Morgan fingerprint density at radius 3 is 2.48 bits per heavy atom. The Kier molecular flexibility index (Phi) is 5.89. The number of benzene rings is 3. The summed E-state index contributed by atoms with van der Waals surface area (Å²) in [5.41, 5.74) is 1.59. The van der Waals surface area contributed by atoms with Crippen LogP contribution in [0.3, 0.4) is 0 Å². The molecular formula is C22H19ClN2O2. The van der Waals surface area contributed by atoms with Crippen LogP contribution in [0.2, 0.25) is 5.02 Å². The lowest BCUT2D eigenvalue weighted by Crippen LogP contribution is -2.33. The van der Waals surface area contributed by atoms with Gasteiger partial charge in [-0.3, -0.25) is 9.59 Å². The molecule has 0 fully saturated rings. The molecule has 4 nitrogen and oxygen atoms in total. The zero-order chi connectivity index (χ0) is 19.2. The first-order valence-electron chi connectivity index (χ1n) is 8.49. The van der Waals surface area contributed by atoms with Gasteiger partial charge < -0.3 is 10.2 Å². The molecule has 5 heteroatoms. The standard InChI is InChI=1S/C22H19ClN2O2/c1-25(22(27)14-11-16-9-12-18(23)13-10-16)15-21(26)24-20-8-4-6-17-5-2-3-7-19(17)20/h2-14H,15H2,1H3,(H,24,26). The maximum atomic E-state index is 12.3. The molecule has 0 radical (unpaired) electrons. The first kappa shape index (κ1) is 18.7. The molecular weight excluding hydrogens is 360 g/mol. The van der Waals surface area contributed by atoms with Crippen LogP contribution >= 0.6 is 11.6 Å². The van der Waals surface area contributed by atoms with Gasteiger partial charge in [0.15, 0.2) is 0 Å². The highest BCUT2D eigenvalue weighted by molar-refractivity contribution is 6.30. The fourth-order valence-corrected chi connectivity index (χ4v) is 2.81. The number of fused-ring (bicyclic) bond motifs is 1. The van der Waals surface area contributed by atoms with Crippen LogP contribution in [0.5, 0.6) is 0 Å². The van der Waals surface area contributed by atoms with Crippen molar-refractivity contribution in [2.24, 2.45) is 0 Å². The zero-order valence-electron chi connectivity index (χ0n) is 14.9. The molecule has 0 atom stereocenters. The average Bonchev–Trinajstić information content (AvgIpc) is 2.67. The van der Waals surface area contributed by atoms with E-state index in [1.807, 2.05) is 54.6 Å². The largest absolute Gasteiger partial charge is 0.333 e. The molecule has 3 aromatic rings. The van der Waals surface area contributed by atoms with Gasteiger partial charge in [0.1, 0.15) is 0 Å². The molecule has 136 valence electrons. The molecule has 3 rings (SSSR count). The van der Waals surface area contributed by atoms with Gasteiger partial charge in [-0.05, 0) is 35.2 Å². The van der Waals surface area contributed by atoms with Gasteiger partial charge in [0.2, 0.25) is 11.8 Å². The maximum absolute atomic E-state index is 12.3. The summed E-state index contributed by atoms with van der Waals surface area (Å²) >= 11 is 5.84. The summed E-state index contributed by atoms with van der Waals surface area (Å²) in [4.78, 5) is 25.9. The average molecular weight is 379 g/mol. The number of anilines is 1. The van der Waals surface area contributed by atoms with Crippen LogP contribution in [-0.4, -0.2) is 30.3 Å². The highest BCUT2D eigenvalue weighted by atomic mass is 35.5. The van der Waals surface area contributed by atoms with Gasteiger partial charge in [0, 0.05) is 29.2 Å². The lowest BCUT2D eigenvalue weighted by Gasteiger charge is -2.15. The smallest absolute Gasteiger partial charge is 0.246 e. The van der Waals surface area contributed by atoms with Crippen LogP contribution in [0.25, 0.3) is 16.8 Å². The number of likely N-dealkylation sites (N-methyl/N-ethyl adjacent to an activating group) is 1. The molecule has 0 aliphatic carbocycles. The Hall–Kier alpha value is -3.11. The fraction of sp³-hybridized carbons (Fsp3) is 0.0909. The van der Waals surface area contributed by atoms with E-state index in [4.69, 9.17) is 11.6 Å². The highest BCUT2D eigenvalue weighted by Gasteiger charge is 2.11. The van der Waals surface area contributed by atoms with Crippen molar-refractivity contribution in [2.75, 3.05) is 18.9 Å². The van der Waals surface area contributed by atoms with E-state index in [0.717, 1.165) is 22.0 Å². The molecule has 0 spiro atoms. The Bertz CT molecular complexity index is 991. The monoisotopic (exact) mass is 378 g/mol. The Morgan fingerprint density at radius 1 is 1.00 bits per heavy atom. The number of rotatable bonds is 5. The van der Waals surface area contributed by atoms with Crippen LogP contribution in [0.15, 0.2) is 72.8 Å². The summed E-state index contributed by atoms with van der Waals surface area (Å²) in [5, 5.41) is 5.53. The van der Waals surface area contributed by atoms with E-state index in [0.29, 0.717) is 5.02 Å². The third kappa shape index (κ3) is 4.96. The molecule has 1 N–H and O–H groups in total. The van der Waals surface area contributed by atoms with Crippen molar-refractivity contribution >= 4 is 46.0 Å². The number of hydrogen-bond acceptors (Lipinski definition) is 2. The van der Waals surface area contributed by atoms with Gasteiger partial charge in [0.05, 0.1) is 6.54 Å². The van der Waals surface area contributed by atoms with Gasteiger partial charge in [-0.25, -0.2) is 0 Å². The van der Waals surface area contributed by atoms with E-state index in [2.05, 4.69) is 5.32 Å². The second-order valence-electron chi connectivity index (χ2n) is 6.15. The Morgan fingerprint density at radius 2 is 1.70 bits per heavy atom. The van der Waals surface area contributed by atoms with Gasteiger partial charge >= 0.3 is 0 Å². The minimum atomic E-state index is -0.252. The van der Waals surface area contributed by atoms with Crippen LogP contribution in [0, 0.1) is 0 Å². The van der Waals surface area contributed by atoms with E-state index in [9.17, 15) is 9.59 Å². The summed E-state index contributed by atoms with van der Waals surface area (Å²) in [6.45, 7) is -0.0347. The number of nitrogens with zero attached hydrogens (tertiary/aromatic N) is 1. The lowest BCUT2D eigenvalue weighted by atomic mass is 10.1. The van der Waals surface area contributed by atoms with E-state index < -0.39 is 0 Å². The maximum Gasteiger partial charge on any atom is 0.246 e. The molecule has 0 unspecified atom stereocenters. The number of hydrogen-bond donors (Lipinski definition) is 1. The normalized spacial score (nSPS) is 10.9. The van der Waals surface area contributed by atoms with E-state index in [1.54, 1.807) is 25.3 Å². The van der Waals surface area contributed by atoms with Crippen LogP contribution < -0.4 is 5.32 Å². The summed E-state index contributed by atoms with van der Waals surface area (Å²) in [6.07, 6.45) is 3.13. The number of carbonyl (C=O) groups is 2. The number of nitrogens with one attached hydrogen (secondary N) is 1. The van der Waals surface area contributed by atoms with Crippen molar-refractivity contribution in [3.63, 3.8) is 0 Å². The van der Waals surface area contributed by atoms with Gasteiger partial charge in [-0.2, -0.15) is 0 Å². The molecule has 0 saturated heterocycles. The molecule has 27 heavy (non-hydrogen) atoms. The van der Waals surface area contributed by atoms with Crippen molar-refractivity contribution < 1.29 is 9.59 Å².